The molecule has 1 fully saturated rings. The van der Waals surface area contributed by atoms with E-state index in [1.165, 1.54) is 5.69 Å². The van der Waals surface area contributed by atoms with Crippen molar-refractivity contribution in [3.8, 4) is 0 Å². The average Bonchev–Trinajstić information content (AvgIpc) is 2.65. The largest absolute Gasteiger partial charge is 0.371 e. The molecule has 1 aromatic heterocycles. The number of morpholine rings is 1. The summed E-state index contributed by atoms with van der Waals surface area (Å²) in [4.78, 5) is 2.40. The van der Waals surface area contributed by atoms with Gasteiger partial charge in [0, 0.05) is 32.1 Å². The number of ether oxygens (including phenoxy) is 1. The van der Waals surface area contributed by atoms with Gasteiger partial charge in [0.15, 0.2) is 0 Å². The Kier molecular flexibility index (Phi) is 5.29. The normalized spacial score (nSPS) is 24.9. The van der Waals surface area contributed by atoms with Gasteiger partial charge in [-0.25, -0.2) is 0 Å². The Morgan fingerprint density at radius 2 is 2.21 bits per heavy atom. The zero-order valence-electron chi connectivity index (χ0n) is 11.7. The first kappa shape index (κ1) is 15.3. The van der Waals surface area contributed by atoms with Crippen molar-refractivity contribution in [2.75, 3.05) is 19.0 Å². The molecular weight excluding hydrogens is 330 g/mol. The van der Waals surface area contributed by atoms with E-state index in [4.69, 9.17) is 16.3 Å². The Balaban J connectivity index is 2.12. The van der Waals surface area contributed by atoms with Crippen LogP contribution in [0.15, 0.2) is 4.47 Å². The number of rotatable bonds is 4. The number of hydrogen-bond donors (Lipinski definition) is 0. The molecule has 0 N–H and O–H groups in total. The van der Waals surface area contributed by atoms with E-state index in [0.717, 1.165) is 36.3 Å². The van der Waals surface area contributed by atoms with E-state index in [1.54, 1.807) is 0 Å². The Morgan fingerprint density at radius 1 is 1.47 bits per heavy atom. The SMILES string of the molecule is CCn1nc(C)c(Br)c1CN1CC(C)OC(CCl)C1. The summed E-state index contributed by atoms with van der Waals surface area (Å²) in [6.45, 7) is 9.84. The first-order valence-electron chi connectivity index (χ1n) is 6.70. The molecule has 2 heterocycles. The third-order valence-electron chi connectivity index (χ3n) is 3.40. The Hall–Kier alpha value is -0.100. The van der Waals surface area contributed by atoms with Gasteiger partial charge < -0.3 is 4.74 Å². The molecule has 1 aromatic rings. The highest BCUT2D eigenvalue weighted by Crippen LogP contribution is 2.24. The average molecular weight is 351 g/mol. The van der Waals surface area contributed by atoms with Crippen molar-refractivity contribution in [2.45, 2.75) is 46.1 Å². The lowest BCUT2D eigenvalue weighted by molar-refractivity contribution is -0.0695. The molecule has 0 radical (unpaired) electrons. The molecule has 0 bridgehead atoms. The molecule has 2 unspecified atom stereocenters. The molecule has 2 atom stereocenters. The molecule has 0 aliphatic carbocycles. The summed E-state index contributed by atoms with van der Waals surface area (Å²) in [5.41, 5.74) is 2.29. The van der Waals surface area contributed by atoms with Crippen LogP contribution in [0.4, 0.5) is 0 Å². The summed E-state index contributed by atoms with van der Waals surface area (Å²) in [5, 5.41) is 4.54. The Labute approximate surface area is 128 Å². The topological polar surface area (TPSA) is 30.3 Å². The standard InChI is InChI=1S/C13H21BrClN3O/c1-4-18-12(13(14)10(3)16-18)8-17-6-9(2)19-11(5-15)7-17/h9,11H,4-8H2,1-3H3. The number of nitrogens with zero attached hydrogens (tertiary/aromatic N) is 3. The van der Waals surface area contributed by atoms with Gasteiger partial charge in [0.1, 0.15) is 0 Å². The molecule has 4 nitrogen and oxygen atoms in total. The molecule has 2 rings (SSSR count). The van der Waals surface area contributed by atoms with E-state index in [0.29, 0.717) is 5.88 Å². The van der Waals surface area contributed by atoms with Gasteiger partial charge in [-0.15, -0.1) is 11.6 Å². The van der Waals surface area contributed by atoms with Crippen LogP contribution in [0.1, 0.15) is 25.2 Å². The number of halogens is 2. The molecule has 0 saturated carbocycles. The van der Waals surface area contributed by atoms with E-state index >= 15 is 0 Å². The van der Waals surface area contributed by atoms with Crippen LogP contribution < -0.4 is 0 Å². The van der Waals surface area contributed by atoms with E-state index < -0.39 is 0 Å². The fraction of sp³-hybridized carbons (Fsp3) is 0.769. The minimum atomic E-state index is 0.128. The summed E-state index contributed by atoms with van der Waals surface area (Å²) in [6.07, 6.45) is 0.360. The van der Waals surface area contributed by atoms with Crippen LogP contribution in [0.25, 0.3) is 0 Å². The fourth-order valence-electron chi connectivity index (χ4n) is 2.59. The third-order valence-corrected chi connectivity index (χ3v) is 4.78. The van der Waals surface area contributed by atoms with Crippen LogP contribution in [0.5, 0.6) is 0 Å². The second-order valence-corrected chi connectivity index (χ2v) is 6.18. The summed E-state index contributed by atoms with van der Waals surface area (Å²) >= 11 is 9.58. The second-order valence-electron chi connectivity index (χ2n) is 5.08. The van der Waals surface area contributed by atoms with Crippen molar-refractivity contribution in [1.82, 2.24) is 14.7 Å². The van der Waals surface area contributed by atoms with E-state index in [-0.39, 0.29) is 12.2 Å². The quantitative estimate of drug-likeness (QED) is 0.782. The number of aryl methyl sites for hydroxylation is 2. The summed E-state index contributed by atoms with van der Waals surface area (Å²) in [5.74, 6) is 0.550. The second kappa shape index (κ2) is 6.57. The molecule has 1 aliphatic heterocycles. The fourth-order valence-corrected chi connectivity index (χ4v) is 3.17. The van der Waals surface area contributed by atoms with Crippen LogP contribution in [-0.4, -0.2) is 45.9 Å². The van der Waals surface area contributed by atoms with Gasteiger partial charge in [-0.3, -0.25) is 9.58 Å². The Morgan fingerprint density at radius 3 is 2.84 bits per heavy atom. The van der Waals surface area contributed by atoms with Crippen molar-refractivity contribution in [3.63, 3.8) is 0 Å². The number of aromatic nitrogens is 2. The number of hydrogen-bond acceptors (Lipinski definition) is 3. The summed E-state index contributed by atoms with van der Waals surface area (Å²) < 4.78 is 8.97. The molecule has 1 aliphatic rings. The zero-order chi connectivity index (χ0) is 14.0. The minimum absolute atomic E-state index is 0.128. The van der Waals surface area contributed by atoms with E-state index in [1.807, 2.05) is 6.92 Å². The van der Waals surface area contributed by atoms with Crippen LogP contribution in [0.2, 0.25) is 0 Å². The highest BCUT2D eigenvalue weighted by Gasteiger charge is 2.26. The minimum Gasteiger partial charge on any atom is -0.371 e. The molecule has 108 valence electrons. The first-order valence-corrected chi connectivity index (χ1v) is 8.03. The van der Waals surface area contributed by atoms with Crippen molar-refractivity contribution in [3.05, 3.63) is 15.9 Å². The van der Waals surface area contributed by atoms with Gasteiger partial charge in [-0.05, 0) is 36.7 Å². The van der Waals surface area contributed by atoms with Crippen LogP contribution in [0.3, 0.4) is 0 Å². The maximum absolute atomic E-state index is 5.93. The summed E-state index contributed by atoms with van der Waals surface area (Å²) in [7, 11) is 0. The van der Waals surface area contributed by atoms with Gasteiger partial charge in [0.05, 0.1) is 28.1 Å². The van der Waals surface area contributed by atoms with Crippen molar-refractivity contribution >= 4 is 27.5 Å². The highest BCUT2D eigenvalue weighted by atomic mass is 79.9. The molecule has 19 heavy (non-hydrogen) atoms. The van der Waals surface area contributed by atoms with E-state index in [9.17, 15) is 0 Å². The third kappa shape index (κ3) is 3.51. The smallest absolute Gasteiger partial charge is 0.0841 e. The maximum Gasteiger partial charge on any atom is 0.0841 e. The summed E-state index contributed by atoms with van der Waals surface area (Å²) in [6, 6.07) is 0. The van der Waals surface area contributed by atoms with Gasteiger partial charge in [0.2, 0.25) is 0 Å². The van der Waals surface area contributed by atoms with Gasteiger partial charge in [0.25, 0.3) is 0 Å². The molecule has 1 saturated heterocycles. The van der Waals surface area contributed by atoms with Gasteiger partial charge in [-0.2, -0.15) is 5.10 Å². The zero-order valence-corrected chi connectivity index (χ0v) is 14.0. The van der Waals surface area contributed by atoms with Crippen LogP contribution in [-0.2, 0) is 17.8 Å². The molecule has 0 aromatic carbocycles. The van der Waals surface area contributed by atoms with E-state index in [2.05, 4.69) is 44.5 Å². The van der Waals surface area contributed by atoms with Gasteiger partial charge in [-0.1, -0.05) is 0 Å². The van der Waals surface area contributed by atoms with Crippen molar-refractivity contribution < 1.29 is 4.74 Å². The Bertz CT molecular complexity index is 438. The molecule has 0 amide bonds. The number of alkyl halides is 1. The van der Waals surface area contributed by atoms with Crippen molar-refractivity contribution in [1.29, 1.82) is 0 Å². The maximum atomic E-state index is 5.93. The molecule has 6 heteroatoms. The van der Waals surface area contributed by atoms with Crippen molar-refractivity contribution in [2.24, 2.45) is 0 Å². The predicted molar refractivity (Wildman–Crippen MR) is 80.7 cm³/mol. The molecule has 0 spiro atoms. The predicted octanol–water partition coefficient (Wildman–Crippen LogP) is 2.80. The molecular formula is C13H21BrClN3O. The van der Waals surface area contributed by atoms with Crippen LogP contribution in [0, 0.1) is 6.92 Å². The lowest BCUT2D eigenvalue weighted by Crippen LogP contribution is -2.47. The highest BCUT2D eigenvalue weighted by molar-refractivity contribution is 9.10. The first-order chi connectivity index (χ1) is 9.05. The lowest BCUT2D eigenvalue weighted by Gasteiger charge is -2.36. The lowest BCUT2D eigenvalue weighted by atomic mass is 10.2. The van der Waals surface area contributed by atoms with Gasteiger partial charge >= 0.3 is 0 Å². The van der Waals surface area contributed by atoms with Crippen LogP contribution >= 0.6 is 27.5 Å². The monoisotopic (exact) mass is 349 g/mol.